The van der Waals surface area contributed by atoms with E-state index >= 15 is 0 Å². The smallest absolute Gasteiger partial charge is 0.222 e. The van der Waals surface area contributed by atoms with E-state index in [1.807, 2.05) is 11.9 Å². The van der Waals surface area contributed by atoms with Crippen molar-refractivity contribution in [1.82, 2.24) is 10.2 Å². The van der Waals surface area contributed by atoms with Gasteiger partial charge in [-0.1, -0.05) is 0 Å². The van der Waals surface area contributed by atoms with Crippen LogP contribution in [0.15, 0.2) is 15.9 Å². The minimum atomic E-state index is 0.253. The van der Waals surface area contributed by atoms with E-state index in [4.69, 9.17) is 0 Å². The first-order valence-electron chi connectivity index (χ1n) is 5.82. The molecule has 2 heterocycles. The van der Waals surface area contributed by atoms with E-state index in [0.717, 1.165) is 30.5 Å². The van der Waals surface area contributed by atoms with Gasteiger partial charge in [-0.25, -0.2) is 0 Å². The van der Waals surface area contributed by atoms with Crippen LogP contribution < -0.4 is 5.32 Å². The van der Waals surface area contributed by atoms with Gasteiger partial charge in [-0.3, -0.25) is 4.79 Å². The lowest BCUT2D eigenvalue weighted by atomic mass is 10.0. The molecule has 0 aliphatic carbocycles. The van der Waals surface area contributed by atoms with Crippen LogP contribution in [0, 0.1) is 5.92 Å². The zero-order chi connectivity index (χ0) is 12.3. The first-order valence-corrected chi connectivity index (χ1v) is 7.50. The van der Waals surface area contributed by atoms with Gasteiger partial charge in [0.15, 0.2) is 0 Å². The molecule has 1 aliphatic heterocycles. The van der Waals surface area contributed by atoms with E-state index < -0.39 is 0 Å². The Morgan fingerprint density at radius 2 is 2.53 bits per heavy atom. The van der Waals surface area contributed by atoms with E-state index in [9.17, 15) is 4.79 Å². The van der Waals surface area contributed by atoms with Crippen LogP contribution in [0.4, 0.5) is 0 Å². The minimum absolute atomic E-state index is 0.253. The highest BCUT2D eigenvalue weighted by Crippen LogP contribution is 2.21. The Balaban J connectivity index is 1.82. The second-order valence-corrected chi connectivity index (χ2v) is 6.46. The molecule has 1 fully saturated rings. The summed E-state index contributed by atoms with van der Waals surface area (Å²) < 4.78 is 1.10. The molecule has 1 aromatic heterocycles. The summed E-state index contributed by atoms with van der Waals surface area (Å²) in [6.07, 6.45) is 1.81. The molecule has 1 aliphatic rings. The Labute approximate surface area is 114 Å². The van der Waals surface area contributed by atoms with Crippen LogP contribution in [0.1, 0.15) is 17.7 Å². The number of thiophene rings is 1. The third kappa shape index (κ3) is 3.79. The maximum absolute atomic E-state index is 12.0. The molecule has 0 radical (unpaired) electrons. The van der Waals surface area contributed by atoms with Crippen LogP contribution in [0.25, 0.3) is 0 Å². The van der Waals surface area contributed by atoms with Crippen LogP contribution in [0.3, 0.4) is 0 Å². The Morgan fingerprint density at radius 3 is 3.12 bits per heavy atom. The molecule has 3 nitrogen and oxygen atoms in total. The summed E-state index contributed by atoms with van der Waals surface area (Å²) in [5, 5.41) is 5.34. The fourth-order valence-electron chi connectivity index (χ4n) is 2.05. The maximum Gasteiger partial charge on any atom is 0.222 e. The molecule has 1 amide bonds. The van der Waals surface area contributed by atoms with Gasteiger partial charge in [-0.15, -0.1) is 11.3 Å². The van der Waals surface area contributed by atoms with Crippen LogP contribution in [0.2, 0.25) is 0 Å². The maximum atomic E-state index is 12.0. The lowest BCUT2D eigenvalue weighted by Gasteiger charge is -2.18. The van der Waals surface area contributed by atoms with Crippen LogP contribution in [-0.4, -0.2) is 30.9 Å². The summed E-state index contributed by atoms with van der Waals surface area (Å²) in [5.41, 5.74) is 0. The SMILES string of the molecule is CN(Cc1cc(Br)cs1)C(=O)CC1CCNC1. The van der Waals surface area contributed by atoms with Gasteiger partial charge < -0.3 is 10.2 Å². The van der Waals surface area contributed by atoms with E-state index in [1.54, 1.807) is 11.3 Å². The molecule has 2 rings (SSSR count). The zero-order valence-electron chi connectivity index (χ0n) is 9.91. The van der Waals surface area contributed by atoms with Gasteiger partial charge in [-0.2, -0.15) is 0 Å². The Kier molecular flexibility index (Phi) is 4.59. The summed E-state index contributed by atoms with van der Waals surface area (Å²) in [5.74, 6) is 0.781. The fraction of sp³-hybridized carbons (Fsp3) is 0.583. The lowest BCUT2D eigenvalue weighted by molar-refractivity contribution is -0.131. The molecule has 1 atom stereocenters. The monoisotopic (exact) mass is 316 g/mol. The number of nitrogens with one attached hydrogen (secondary N) is 1. The predicted octanol–water partition coefficient (Wildman–Crippen LogP) is 2.47. The van der Waals surface area contributed by atoms with E-state index in [0.29, 0.717) is 12.3 Å². The van der Waals surface area contributed by atoms with Crippen LogP contribution in [-0.2, 0) is 11.3 Å². The Morgan fingerprint density at radius 1 is 1.71 bits per heavy atom. The van der Waals surface area contributed by atoms with Gasteiger partial charge in [0.05, 0.1) is 6.54 Å². The third-order valence-corrected chi connectivity index (χ3v) is 4.75. The molecule has 0 spiro atoms. The van der Waals surface area contributed by atoms with Gasteiger partial charge in [0, 0.05) is 28.2 Å². The topological polar surface area (TPSA) is 32.3 Å². The van der Waals surface area contributed by atoms with Gasteiger partial charge in [0.2, 0.25) is 5.91 Å². The van der Waals surface area contributed by atoms with Crippen LogP contribution in [0.5, 0.6) is 0 Å². The zero-order valence-corrected chi connectivity index (χ0v) is 12.3. The van der Waals surface area contributed by atoms with Crippen molar-refractivity contribution in [3.8, 4) is 0 Å². The van der Waals surface area contributed by atoms with E-state index in [1.165, 1.54) is 4.88 Å². The average Bonchev–Trinajstić information content (AvgIpc) is 2.90. The number of nitrogens with zero attached hydrogens (tertiary/aromatic N) is 1. The molecule has 94 valence electrons. The lowest BCUT2D eigenvalue weighted by Crippen LogP contribution is -2.28. The molecular formula is C12H17BrN2OS. The predicted molar refractivity (Wildman–Crippen MR) is 74.1 cm³/mol. The molecule has 0 aromatic carbocycles. The second-order valence-electron chi connectivity index (χ2n) is 4.54. The fourth-order valence-corrected chi connectivity index (χ4v) is 3.55. The van der Waals surface area contributed by atoms with Gasteiger partial charge in [-0.05, 0) is 47.4 Å². The second kappa shape index (κ2) is 5.98. The number of carbonyl (C=O) groups excluding carboxylic acids is 1. The Hall–Kier alpha value is -0.390. The standard InChI is InChI=1S/C12H17BrN2OS/c1-15(7-11-5-10(13)8-17-11)12(16)4-9-2-3-14-6-9/h5,8-9,14H,2-4,6-7H2,1H3. The summed E-state index contributed by atoms with van der Waals surface area (Å²) in [6.45, 7) is 2.76. The number of rotatable bonds is 4. The van der Waals surface area contributed by atoms with Crippen molar-refractivity contribution in [1.29, 1.82) is 0 Å². The summed E-state index contributed by atoms with van der Waals surface area (Å²) in [6, 6.07) is 2.07. The number of amides is 1. The molecule has 1 aromatic rings. The van der Waals surface area contributed by atoms with Crippen molar-refractivity contribution in [2.24, 2.45) is 5.92 Å². The van der Waals surface area contributed by atoms with Crippen molar-refractivity contribution >= 4 is 33.2 Å². The molecule has 5 heteroatoms. The number of hydrogen-bond acceptors (Lipinski definition) is 3. The average molecular weight is 317 g/mol. The highest BCUT2D eigenvalue weighted by Gasteiger charge is 2.20. The van der Waals surface area contributed by atoms with E-state index in [-0.39, 0.29) is 5.91 Å². The molecule has 1 saturated heterocycles. The number of halogens is 1. The number of carbonyl (C=O) groups is 1. The van der Waals surface area contributed by atoms with Crippen molar-refractivity contribution < 1.29 is 4.79 Å². The molecule has 0 saturated carbocycles. The molecule has 1 N–H and O–H groups in total. The molecule has 1 unspecified atom stereocenters. The first kappa shape index (κ1) is 13.1. The van der Waals surface area contributed by atoms with Gasteiger partial charge in [0.1, 0.15) is 0 Å². The molecule has 17 heavy (non-hydrogen) atoms. The summed E-state index contributed by atoms with van der Waals surface area (Å²) in [4.78, 5) is 15.1. The minimum Gasteiger partial charge on any atom is -0.341 e. The highest BCUT2D eigenvalue weighted by atomic mass is 79.9. The van der Waals surface area contributed by atoms with Gasteiger partial charge in [0.25, 0.3) is 0 Å². The van der Waals surface area contributed by atoms with Crippen molar-refractivity contribution in [3.63, 3.8) is 0 Å². The normalized spacial score (nSPS) is 19.5. The summed E-state index contributed by atoms with van der Waals surface area (Å²) in [7, 11) is 1.89. The molecule has 0 bridgehead atoms. The third-order valence-electron chi connectivity index (χ3n) is 3.07. The quantitative estimate of drug-likeness (QED) is 0.925. The first-order chi connectivity index (χ1) is 8.15. The number of hydrogen-bond donors (Lipinski definition) is 1. The molecular weight excluding hydrogens is 300 g/mol. The highest BCUT2D eigenvalue weighted by molar-refractivity contribution is 9.10. The van der Waals surface area contributed by atoms with Crippen LogP contribution >= 0.6 is 27.3 Å². The van der Waals surface area contributed by atoms with Crippen molar-refractivity contribution in [2.45, 2.75) is 19.4 Å². The largest absolute Gasteiger partial charge is 0.341 e. The van der Waals surface area contributed by atoms with Gasteiger partial charge >= 0.3 is 0 Å². The van der Waals surface area contributed by atoms with Crippen molar-refractivity contribution in [2.75, 3.05) is 20.1 Å². The Bertz CT molecular complexity index is 388. The van der Waals surface area contributed by atoms with E-state index in [2.05, 4.69) is 32.7 Å². The van der Waals surface area contributed by atoms with Crippen molar-refractivity contribution in [3.05, 3.63) is 20.8 Å². The summed E-state index contributed by atoms with van der Waals surface area (Å²) >= 11 is 5.11.